The van der Waals surface area contributed by atoms with Gasteiger partial charge < -0.3 is 15.7 Å². The third-order valence-corrected chi connectivity index (χ3v) is 6.71. The number of carbonyl (C=O) groups is 2. The molecule has 3 aromatic rings. The van der Waals surface area contributed by atoms with Gasteiger partial charge in [-0.2, -0.15) is 26.3 Å². The Morgan fingerprint density at radius 2 is 1.53 bits per heavy atom. The molecule has 0 unspecified atom stereocenters. The van der Waals surface area contributed by atoms with Gasteiger partial charge in [-0.25, -0.2) is 4.98 Å². The molecule has 0 fully saturated rings. The van der Waals surface area contributed by atoms with Crippen molar-refractivity contribution in [1.29, 1.82) is 0 Å². The van der Waals surface area contributed by atoms with Crippen LogP contribution in [-0.4, -0.2) is 34.3 Å². The molecule has 1 heterocycles. The van der Waals surface area contributed by atoms with Gasteiger partial charge in [0.05, 0.1) is 12.1 Å². The van der Waals surface area contributed by atoms with Crippen LogP contribution >= 0.6 is 43.5 Å². The first-order valence-electron chi connectivity index (χ1n) is 10.2. The lowest BCUT2D eigenvalue weighted by Gasteiger charge is -2.33. The average Bonchev–Trinajstić information content (AvgIpc) is 2.80. The van der Waals surface area contributed by atoms with Crippen molar-refractivity contribution in [2.45, 2.75) is 24.4 Å². The third kappa shape index (κ3) is 6.30. The molecule has 0 spiro atoms. The Kier molecular flexibility index (Phi) is 8.81. The van der Waals surface area contributed by atoms with Crippen molar-refractivity contribution in [3.63, 3.8) is 0 Å². The summed E-state index contributed by atoms with van der Waals surface area (Å²) in [6, 6.07) is 9.64. The lowest BCUT2D eigenvalue weighted by Crippen LogP contribution is -2.53. The SMILES string of the molecule is O=C(Cc1cccnc1Cl)Nc1cccc(C(=O)Nc2c(Br)cc(C(O)(C(F)(F)F)C(F)(F)F)cc2Br)c1. The maximum atomic E-state index is 13.2. The van der Waals surface area contributed by atoms with Crippen LogP contribution in [0.25, 0.3) is 0 Å². The molecule has 15 heteroatoms. The highest BCUT2D eigenvalue weighted by molar-refractivity contribution is 9.11. The number of benzene rings is 2. The van der Waals surface area contributed by atoms with E-state index in [-0.39, 0.29) is 37.5 Å². The topological polar surface area (TPSA) is 91.3 Å². The van der Waals surface area contributed by atoms with E-state index < -0.39 is 35.3 Å². The maximum absolute atomic E-state index is 13.2. The second kappa shape index (κ2) is 11.2. The summed E-state index contributed by atoms with van der Waals surface area (Å²) in [6.45, 7) is 0. The van der Waals surface area contributed by atoms with Gasteiger partial charge in [-0.3, -0.25) is 9.59 Å². The number of alkyl halides is 6. The quantitative estimate of drug-likeness (QED) is 0.192. The molecule has 0 bridgehead atoms. The van der Waals surface area contributed by atoms with Gasteiger partial charge in [-0.15, -0.1) is 0 Å². The Morgan fingerprint density at radius 1 is 0.921 bits per heavy atom. The number of amides is 2. The number of anilines is 2. The molecule has 1 aromatic heterocycles. The fraction of sp³-hybridized carbons (Fsp3) is 0.174. The standard InChI is InChI=1S/C23H14Br2ClF6N3O3/c24-15-9-13(21(38,22(27,28)29)23(30,31)32)10-16(25)18(15)35-20(37)12-3-1-5-14(7-12)34-17(36)8-11-4-2-6-33-19(11)26/h1-7,9-10,38H,8H2,(H,34,36)(H,35,37). The summed E-state index contributed by atoms with van der Waals surface area (Å²) in [7, 11) is 0. The summed E-state index contributed by atoms with van der Waals surface area (Å²) in [5, 5.41) is 14.7. The Morgan fingerprint density at radius 3 is 2.08 bits per heavy atom. The molecule has 0 saturated heterocycles. The van der Waals surface area contributed by atoms with E-state index in [0.717, 1.165) is 0 Å². The van der Waals surface area contributed by atoms with Crippen LogP contribution in [0, 0.1) is 0 Å². The van der Waals surface area contributed by atoms with Crippen LogP contribution in [0.3, 0.4) is 0 Å². The normalized spacial score (nSPS) is 12.3. The number of nitrogens with zero attached hydrogens (tertiary/aromatic N) is 1. The number of carbonyl (C=O) groups excluding carboxylic acids is 2. The molecule has 0 aliphatic carbocycles. The summed E-state index contributed by atoms with van der Waals surface area (Å²) in [5.74, 6) is -1.26. The first kappa shape index (κ1) is 29.9. The van der Waals surface area contributed by atoms with Crippen molar-refractivity contribution in [3.8, 4) is 0 Å². The monoisotopic (exact) mass is 687 g/mol. The number of pyridine rings is 1. The number of hydrogen-bond acceptors (Lipinski definition) is 4. The molecule has 0 radical (unpaired) electrons. The van der Waals surface area contributed by atoms with Gasteiger partial charge in [-0.1, -0.05) is 23.7 Å². The first-order valence-corrected chi connectivity index (χ1v) is 12.2. The van der Waals surface area contributed by atoms with Gasteiger partial charge >= 0.3 is 12.4 Å². The zero-order valence-electron chi connectivity index (χ0n) is 18.5. The van der Waals surface area contributed by atoms with E-state index in [2.05, 4.69) is 47.5 Å². The fourth-order valence-electron chi connectivity index (χ4n) is 3.24. The van der Waals surface area contributed by atoms with Crippen molar-refractivity contribution < 1.29 is 41.0 Å². The minimum absolute atomic E-state index is 0.00664. The van der Waals surface area contributed by atoms with Crippen LogP contribution in [0.15, 0.2) is 63.7 Å². The molecular weight excluding hydrogens is 676 g/mol. The Balaban J connectivity index is 1.82. The van der Waals surface area contributed by atoms with Gasteiger partial charge in [0.15, 0.2) is 0 Å². The van der Waals surface area contributed by atoms with Gasteiger partial charge in [0.25, 0.3) is 11.5 Å². The average molecular weight is 690 g/mol. The molecule has 2 amide bonds. The summed E-state index contributed by atoms with van der Waals surface area (Å²) in [5.41, 5.74) is -6.16. The molecule has 202 valence electrons. The van der Waals surface area contributed by atoms with E-state index in [9.17, 15) is 41.0 Å². The molecule has 0 aliphatic heterocycles. The highest BCUT2D eigenvalue weighted by Gasteiger charge is 2.71. The molecule has 3 N–H and O–H groups in total. The van der Waals surface area contributed by atoms with E-state index in [4.69, 9.17) is 11.6 Å². The fourth-order valence-corrected chi connectivity index (χ4v) is 4.81. The summed E-state index contributed by atoms with van der Waals surface area (Å²) in [4.78, 5) is 29.0. The number of nitrogens with one attached hydrogen (secondary N) is 2. The molecule has 38 heavy (non-hydrogen) atoms. The van der Waals surface area contributed by atoms with Crippen LogP contribution in [-0.2, 0) is 16.8 Å². The Bertz CT molecular complexity index is 1350. The minimum Gasteiger partial charge on any atom is -0.369 e. The second-order valence-corrected chi connectivity index (χ2v) is 9.80. The largest absolute Gasteiger partial charge is 0.430 e. The van der Waals surface area contributed by atoms with Crippen LogP contribution in [0.2, 0.25) is 5.15 Å². The van der Waals surface area contributed by atoms with Gasteiger partial charge in [-0.05, 0) is 73.8 Å². The minimum atomic E-state index is -6.08. The zero-order chi connectivity index (χ0) is 28.5. The molecule has 0 saturated carbocycles. The zero-order valence-corrected chi connectivity index (χ0v) is 22.4. The van der Waals surface area contributed by atoms with E-state index in [1.165, 1.54) is 30.5 Å². The van der Waals surface area contributed by atoms with Crippen LogP contribution in [0.5, 0.6) is 0 Å². The molecule has 3 rings (SSSR count). The highest BCUT2D eigenvalue weighted by atomic mass is 79.9. The summed E-state index contributed by atoms with van der Waals surface area (Å²) >= 11 is 11.6. The van der Waals surface area contributed by atoms with E-state index in [0.29, 0.717) is 17.7 Å². The Labute approximate surface area is 232 Å². The maximum Gasteiger partial charge on any atom is 0.430 e. The predicted octanol–water partition coefficient (Wildman–Crippen LogP) is 7.01. The van der Waals surface area contributed by atoms with Crippen molar-refractivity contribution in [2.75, 3.05) is 10.6 Å². The van der Waals surface area contributed by atoms with Crippen molar-refractivity contribution in [2.24, 2.45) is 0 Å². The molecule has 6 nitrogen and oxygen atoms in total. The number of hydrogen-bond donors (Lipinski definition) is 3. The lowest BCUT2D eigenvalue weighted by atomic mass is 9.92. The summed E-state index contributed by atoms with van der Waals surface area (Å²) < 4.78 is 78.7. The van der Waals surface area contributed by atoms with Crippen molar-refractivity contribution >= 4 is 66.6 Å². The Hall–Kier alpha value is -2.68. The molecule has 2 aromatic carbocycles. The molecular formula is C23H14Br2ClF6N3O3. The van der Waals surface area contributed by atoms with Gasteiger partial charge in [0.1, 0.15) is 5.15 Å². The van der Waals surface area contributed by atoms with Crippen LogP contribution < -0.4 is 10.6 Å². The predicted molar refractivity (Wildman–Crippen MR) is 134 cm³/mol. The smallest absolute Gasteiger partial charge is 0.369 e. The summed E-state index contributed by atoms with van der Waals surface area (Å²) in [6.07, 6.45) is -10.8. The number of aromatic nitrogens is 1. The lowest BCUT2D eigenvalue weighted by molar-refractivity contribution is -0.376. The van der Waals surface area contributed by atoms with E-state index in [1.807, 2.05) is 0 Å². The first-order chi connectivity index (χ1) is 17.5. The van der Waals surface area contributed by atoms with E-state index in [1.54, 1.807) is 12.1 Å². The van der Waals surface area contributed by atoms with Crippen molar-refractivity contribution in [1.82, 2.24) is 4.98 Å². The van der Waals surface area contributed by atoms with Gasteiger partial charge in [0.2, 0.25) is 5.91 Å². The van der Waals surface area contributed by atoms with Gasteiger partial charge in [0, 0.05) is 32.0 Å². The number of aliphatic hydroxyl groups is 1. The van der Waals surface area contributed by atoms with Crippen molar-refractivity contribution in [3.05, 3.63) is 85.5 Å². The second-order valence-electron chi connectivity index (χ2n) is 7.73. The number of rotatable bonds is 6. The van der Waals surface area contributed by atoms with E-state index >= 15 is 0 Å². The van der Waals surface area contributed by atoms with Crippen LogP contribution in [0.4, 0.5) is 37.7 Å². The van der Waals surface area contributed by atoms with Crippen LogP contribution in [0.1, 0.15) is 21.5 Å². The molecule has 0 atom stereocenters. The highest BCUT2D eigenvalue weighted by Crippen LogP contribution is 2.51. The number of halogens is 9. The third-order valence-electron chi connectivity index (χ3n) is 5.11. The molecule has 0 aliphatic rings.